The van der Waals surface area contributed by atoms with E-state index in [1.54, 1.807) is 12.4 Å². The largest absolute Gasteiger partial charge is 0.369 e. The van der Waals surface area contributed by atoms with Crippen molar-refractivity contribution in [3.8, 4) is 11.3 Å². The lowest BCUT2D eigenvalue weighted by atomic mass is 10.00. The number of fused-ring (bicyclic) bond motifs is 2. The number of nitrogens with zero attached hydrogens (tertiary/aromatic N) is 4. The molecule has 1 N–H and O–H groups in total. The van der Waals surface area contributed by atoms with Crippen molar-refractivity contribution in [3.63, 3.8) is 0 Å². The van der Waals surface area contributed by atoms with Gasteiger partial charge in [0.15, 0.2) is 5.65 Å². The van der Waals surface area contributed by atoms with Gasteiger partial charge in [-0.3, -0.25) is 14.2 Å². The lowest BCUT2D eigenvalue weighted by molar-refractivity contribution is -0.131. The number of aryl methyl sites for hydroxylation is 1. The second-order valence-corrected chi connectivity index (χ2v) is 7.99. The molecule has 1 aliphatic heterocycles. The number of hydrogen-bond donors (Lipinski definition) is 1. The number of nitrogens with one attached hydrogen (secondary N) is 1. The molecule has 1 aliphatic rings. The minimum atomic E-state index is 0.176. The van der Waals surface area contributed by atoms with Crippen molar-refractivity contribution in [2.45, 2.75) is 26.3 Å². The standard InChI is InChI=1S/C25H25N5O/c1-18-5-4-8-20(15-18)24-25(30-14-12-26-16-22(30)28-24)27-11-9-23(31)29-13-10-19-6-2-3-7-21(19)17-29/h2-8,12,14-16,27H,9-11,13,17H2,1H3. The summed E-state index contributed by atoms with van der Waals surface area (Å²) in [6, 6.07) is 16.7. The van der Waals surface area contributed by atoms with Gasteiger partial charge in [-0.15, -0.1) is 0 Å². The Morgan fingerprint density at radius 1 is 1.13 bits per heavy atom. The number of benzene rings is 2. The Bertz CT molecular complexity index is 1250. The second kappa shape index (κ2) is 8.22. The molecule has 156 valence electrons. The highest BCUT2D eigenvalue weighted by molar-refractivity contribution is 5.79. The highest BCUT2D eigenvalue weighted by Crippen LogP contribution is 2.29. The minimum Gasteiger partial charge on any atom is -0.369 e. The Balaban J connectivity index is 1.32. The molecular formula is C25H25N5O. The van der Waals surface area contributed by atoms with Crippen molar-refractivity contribution in [3.05, 3.63) is 83.8 Å². The van der Waals surface area contributed by atoms with E-state index in [0.717, 1.165) is 35.7 Å². The van der Waals surface area contributed by atoms with Gasteiger partial charge in [0.25, 0.3) is 0 Å². The molecule has 2 aromatic heterocycles. The Morgan fingerprint density at radius 2 is 2.00 bits per heavy atom. The number of imidazole rings is 1. The van der Waals surface area contributed by atoms with E-state index in [2.05, 4.69) is 53.6 Å². The van der Waals surface area contributed by atoms with Crippen molar-refractivity contribution in [2.24, 2.45) is 0 Å². The van der Waals surface area contributed by atoms with Crippen LogP contribution >= 0.6 is 0 Å². The maximum atomic E-state index is 12.9. The minimum absolute atomic E-state index is 0.176. The number of carbonyl (C=O) groups excluding carboxylic acids is 1. The fourth-order valence-electron chi connectivity index (χ4n) is 4.22. The molecule has 0 saturated heterocycles. The summed E-state index contributed by atoms with van der Waals surface area (Å²) in [5.41, 5.74) is 6.48. The van der Waals surface area contributed by atoms with Crippen LogP contribution in [0.5, 0.6) is 0 Å². The number of anilines is 1. The summed E-state index contributed by atoms with van der Waals surface area (Å²) < 4.78 is 1.99. The molecule has 0 spiro atoms. The zero-order chi connectivity index (χ0) is 21.2. The molecule has 31 heavy (non-hydrogen) atoms. The first kappa shape index (κ1) is 19.3. The molecule has 0 aliphatic carbocycles. The first-order valence-electron chi connectivity index (χ1n) is 10.7. The van der Waals surface area contributed by atoms with Gasteiger partial charge in [0.05, 0.1) is 6.20 Å². The Hall–Kier alpha value is -3.67. The van der Waals surface area contributed by atoms with E-state index in [-0.39, 0.29) is 5.91 Å². The zero-order valence-corrected chi connectivity index (χ0v) is 17.6. The van der Waals surface area contributed by atoms with E-state index in [9.17, 15) is 4.79 Å². The van der Waals surface area contributed by atoms with Crippen LogP contribution < -0.4 is 5.32 Å². The molecule has 3 heterocycles. The number of rotatable bonds is 5. The van der Waals surface area contributed by atoms with E-state index in [4.69, 9.17) is 4.98 Å². The average Bonchev–Trinajstić information content (AvgIpc) is 3.17. The molecule has 0 unspecified atom stereocenters. The number of hydrogen-bond acceptors (Lipinski definition) is 4. The van der Waals surface area contributed by atoms with Gasteiger partial charge in [-0.2, -0.15) is 0 Å². The van der Waals surface area contributed by atoms with Gasteiger partial charge in [-0.1, -0.05) is 48.0 Å². The van der Waals surface area contributed by atoms with Gasteiger partial charge in [0.1, 0.15) is 11.5 Å². The highest BCUT2D eigenvalue weighted by atomic mass is 16.2. The van der Waals surface area contributed by atoms with E-state index >= 15 is 0 Å². The van der Waals surface area contributed by atoms with Gasteiger partial charge in [-0.05, 0) is 30.5 Å². The van der Waals surface area contributed by atoms with Gasteiger partial charge in [-0.25, -0.2) is 4.98 Å². The summed E-state index contributed by atoms with van der Waals surface area (Å²) in [6.07, 6.45) is 6.76. The summed E-state index contributed by atoms with van der Waals surface area (Å²) >= 11 is 0. The molecule has 0 radical (unpaired) electrons. The predicted octanol–water partition coefficient (Wildman–Crippen LogP) is 4.09. The summed E-state index contributed by atoms with van der Waals surface area (Å²) in [7, 11) is 0. The summed E-state index contributed by atoms with van der Waals surface area (Å²) in [5, 5.41) is 3.47. The molecule has 2 aromatic carbocycles. The first-order chi connectivity index (χ1) is 15.2. The second-order valence-electron chi connectivity index (χ2n) is 7.99. The van der Waals surface area contributed by atoms with Crippen LogP contribution in [-0.2, 0) is 17.8 Å². The van der Waals surface area contributed by atoms with Gasteiger partial charge in [0.2, 0.25) is 5.91 Å². The lowest BCUT2D eigenvalue weighted by Crippen LogP contribution is -2.36. The van der Waals surface area contributed by atoms with Gasteiger partial charge < -0.3 is 10.2 Å². The number of aromatic nitrogens is 3. The Kier molecular flexibility index (Phi) is 5.12. The summed E-state index contributed by atoms with van der Waals surface area (Å²) in [4.78, 5) is 23.8. The summed E-state index contributed by atoms with van der Waals surface area (Å²) in [5.74, 6) is 1.06. The predicted molar refractivity (Wildman–Crippen MR) is 122 cm³/mol. The van der Waals surface area contributed by atoms with Crippen LogP contribution in [0.3, 0.4) is 0 Å². The maximum Gasteiger partial charge on any atom is 0.224 e. The molecule has 0 fully saturated rings. The maximum absolute atomic E-state index is 12.9. The molecule has 0 saturated carbocycles. The van der Waals surface area contributed by atoms with E-state index in [0.29, 0.717) is 19.5 Å². The zero-order valence-electron chi connectivity index (χ0n) is 17.6. The van der Waals surface area contributed by atoms with E-state index in [1.165, 1.54) is 16.7 Å². The SMILES string of the molecule is Cc1cccc(-c2nc3cnccn3c2NCCC(=O)N2CCc3ccccc3C2)c1. The third-order valence-electron chi connectivity index (χ3n) is 5.84. The van der Waals surface area contributed by atoms with E-state index in [1.807, 2.05) is 27.6 Å². The number of amides is 1. The smallest absolute Gasteiger partial charge is 0.224 e. The molecule has 0 bridgehead atoms. The Morgan fingerprint density at radius 3 is 2.87 bits per heavy atom. The van der Waals surface area contributed by atoms with Crippen LogP contribution in [-0.4, -0.2) is 38.3 Å². The fraction of sp³-hybridized carbons (Fsp3) is 0.240. The molecule has 4 aromatic rings. The van der Waals surface area contributed by atoms with Crippen molar-refractivity contribution >= 4 is 17.4 Å². The van der Waals surface area contributed by atoms with E-state index < -0.39 is 0 Å². The Labute approximate surface area is 181 Å². The van der Waals surface area contributed by atoms with Crippen LogP contribution in [0.2, 0.25) is 0 Å². The quantitative estimate of drug-likeness (QED) is 0.537. The molecule has 5 rings (SSSR count). The third-order valence-corrected chi connectivity index (χ3v) is 5.84. The summed E-state index contributed by atoms with van der Waals surface area (Å²) in [6.45, 7) is 4.10. The molecule has 6 heteroatoms. The normalized spacial score (nSPS) is 13.3. The molecule has 0 atom stereocenters. The lowest BCUT2D eigenvalue weighted by Gasteiger charge is -2.29. The topological polar surface area (TPSA) is 62.5 Å². The van der Waals surface area contributed by atoms with Crippen molar-refractivity contribution < 1.29 is 4.79 Å². The highest BCUT2D eigenvalue weighted by Gasteiger charge is 2.20. The monoisotopic (exact) mass is 411 g/mol. The van der Waals surface area contributed by atoms with Crippen LogP contribution in [0.4, 0.5) is 5.82 Å². The van der Waals surface area contributed by atoms with Crippen molar-refractivity contribution in [2.75, 3.05) is 18.4 Å². The molecule has 6 nitrogen and oxygen atoms in total. The van der Waals surface area contributed by atoms with Crippen LogP contribution in [0.1, 0.15) is 23.1 Å². The van der Waals surface area contributed by atoms with Crippen LogP contribution in [0, 0.1) is 6.92 Å². The first-order valence-corrected chi connectivity index (χ1v) is 10.7. The van der Waals surface area contributed by atoms with Gasteiger partial charge >= 0.3 is 0 Å². The average molecular weight is 412 g/mol. The van der Waals surface area contributed by atoms with Crippen molar-refractivity contribution in [1.82, 2.24) is 19.3 Å². The van der Waals surface area contributed by atoms with Crippen LogP contribution in [0.15, 0.2) is 67.1 Å². The van der Waals surface area contributed by atoms with Crippen molar-refractivity contribution in [1.29, 1.82) is 0 Å². The third kappa shape index (κ3) is 3.89. The molecular weight excluding hydrogens is 386 g/mol. The van der Waals surface area contributed by atoms with Gasteiger partial charge in [0, 0.05) is 44.0 Å². The molecule has 1 amide bonds. The van der Waals surface area contributed by atoms with Crippen LogP contribution in [0.25, 0.3) is 16.9 Å². The number of carbonyl (C=O) groups is 1. The fourth-order valence-corrected chi connectivity index (χ4v) is 4.22.